The van der Waals surface area contributed by atoms with Crippen LogP contribution in [-0.2, 0) is 5.54 Å². The van der Waals surface area contributed by atoms with Crippen molar-refractivity contribution in [2.24, 2.45) is 0 Å². The second-order valence-electron chi connectivity index (χ2n) is 6.44. The summed E-state index contributed by atoms with van der Waals surface area (Å²) >= 11 is 0. The Morgan fingerprint density at radius 3 is 2.33 bits per heavy atom. The summed E-state index contributed by atoms with van der Waals surface area (Å²) in [6, 6.07) is 11.6. The molecule has 1 aromatic rings. The Kier molecular flexibility index (Phi) is 5.80. The van der Waals surface area contributed by atoms with E-state index < -0.39 is 0 Å². The minimum atomic E-state index is -0.365. The second-order valence-corrected chi connectivity index (χ2v) is 6.44. The number of rotatable bonds is 6. The molecule has 1 unspecified atom stereocenters. The maximum Gasteiger partial charge on any atom is 0.0798 e. The molecule has 0 spiro atoms. The Morgan fingerprint density at radius 1 is 1.19 bits per heavy atom. The first kappa shape index (κ1) is 16.5. The zero-order valence-electron chi connectivity index (χ0n) is 13.7. The smallest absolute Gasteiger partial charge is 0.0798 e. The summed E-state index contributed by atoms with van der Waals surface area (Å²) in [5.74, 6) is 0. The van der Waals surface area contributed by atoms with Crippen molar-refractivity contribution in [3.63, 3.8) is 0 Å². The fraction of sp³-hybridized carbons (Fsp3) is 0.667. The number of piperidine rings is 1. The highest BCUT2D eigenvalue weighted by atomic mass is 16.3. The average Bonchev–Trinajstić information content (AvgIpc) is 2.51. The first-order valence-corrected chi connectivity index (χ1v) is 8.30. The predicted molar refractivity (Wildman–Crippen MR) is 88.4 cm³/mol. The fourth-order valence-corrected chi connectivity index (χ4v) is 3.64. The lowest BCUT2D eigenvalue weighted by Crippen LogP contribution is -2.58. The van der Waals surface area contributed by atoms with Crippen molar-refractivity contribution in [3.05, 3.63) is 35.9 Å². The van der Waals surface area contributed by atoms with E-state index >= 15 is 0 Å². The van der Waals surface area contributed by atoms with Crippen LogP contribution >= 0.6 is 0 Å². The molecule has 2 N–H and O–H groups in total. The van der Waals surface area contributed by atoms with E-state index in [0.29, 0.717) is 12.1 Å². The molecule has 0 saturated carbocycles. The van der Waals surface area contributed by atoms with Gasteiger partial charge in [0.2, 0.25) is 0 Å². The number of hydrogen-bond donors (Lipinski definition) is 2. The molecular formula is C18H30N2O. The van der Waals surface area contributed by atoms with Gasteiger partial charge in [0.05, 0.1) is 12.1 Å². The van der Waals surface area contributed by atoms with Gasteiger partial charge in [0.1, 0.15) is 0 Å². The van der Waals surface area contributed by atoms with Gasteiger partial charge in [-0.05, 0) is 38.8 Å². The average molecular weight is 290 g/mol. The Bertz CT molecular complexity index is 412. The highest BCUT2D eigenvalue weighted by Gasteiger charge is 2.36. The monoisotopic (exact) mass is 290 g/mol. The number of nitrogens with one attached hydrogen (secondary N) is 1. The lowest BCUT2D eigenvalue weighted by molar-refractivity contribution is 0.0397. The van der Waals surface area contributed by atoms with Gasteiger partial charge in [0.15, 0.2) is 0 Å². The molecule has 2 rings (SSSR count). The molecule has 118 valence electrons. The third kappa shape index (κ3) is 3.65. The minimum Gasteiger partial charge on any atom is -0.394 e. The number of likely N-dealkylation sites (tertiary alicyclic amines) is 1. The molecule has 0 aromatic heterocycles. The van der Waals surface area contributed by atoms with Gasteiger partial charge in [-0.2, -0.15) is 0 Å². The number of aliphatic hydroxyl groups excluding tert-OH is 1. The Hall–Kier alpha value is -0.900. The summed E-state index contributed by atoms with van der Waals surface area (Å²) in [4.78, 5) is 2.56. The maximum atomic E-state index is 10.2. The quantitative estimate of drug-likeness (QED) is 0.845. The van der Waals surface area contributed by atoms with Crippen LogP contribution in [0.1, 0.15) is 45.6 Å². The summed E-state index contributed by atoms with van der Waals surface area (Å²) in [5.41, 5.74) is 0.815. The summed E-state index contributed by atoms with van der Waals surface area (Å²) in [6.45, 7) is 8.58. The van der Waals surface area contributed by atoms with Crippen LogP contribution < -0.4 is 5.32 Å². The standard InChI is InChI=1S/C18H30N2O/c1-4-19-18(14-21,17-11-6-5-7-12-17)13-20-15(2)9-8-10-16(20)3/h5-7,11-12,15-16,19,21H,4,8-10,13-14H2,1-3H3/t15-,16+,18?. The minimum absolute atomic E-state index is 0.126. The molecule has 1 aromatic carbocycles. The molecule has 21 heavy (non-hydrogen) atoms. The topological polar surface area (TPSA) is 35.5 Å². The number of hydrogen-bond acceptors (Lipinski definition) is 3. The van der Waals surface area contributed by atoms with Gasteiger partial charge in [-0.3, -0.25) is 4.90 Å². The SMILES string of the molecule is CCNC(CO)(CN1[C@H](C)CCC[C@@H]1C)c1ccccc1. The first-order chi connectivity index (χ1) is 10.1. The molecule has 0 aliphatic carbocycles. The largest absolute Gasteiger partial charge is 0.394 e. The van der Waals surface area contributed by atoms with Crippen LogP contribution in [0.5, 0.6) is 0 Å². The lowest BCUT2D eigenvalue weighted by Gasteiger charge is -2.45. The number of nitrogens with zero attached hydrogens (tertiary/aromatic N) is 1. The highest BCUT2D eigenvalue weighted by molar-refractivity contribution is 5.25. The van der Waals surface area contributed by atoms with Gasteiger partial charge in [-0.1, -0.05) is 43.7 Å². The van der Waals surface area contributed by atoms with Gasteiger partial charge in [-0.25, -0.2) is 0 Å². The van der Waals surface area contributed by atoms with E-state index in [0.717, 1.165) is 13.1 Å². The molecule has 1 aliphatic rings. The van der Waals surface area contributed by atoms with E-state index in [1.54, 1.807) is 0 Å². The molecule has 3 nitrogen and oxygen atoms in total. The number of benzene rings is 1. The van der Waals surface area contributed by atoms with Crippen LogP contribution in [-0.4, -0.2) is 41.8 Å². The van der Waals surface area contributed by atoms with Gasteiger partial charge in [-0.15, -0.1) is 0 Å². The van der Waals surface area contributed by atoms with Gasteiger partial charge in [0.25, 0.3) is 0 Å². The third-order valence-electron chi connectivity index (χ3n) is 4.94. The van der Waals surface area contributed by atoms with E-state index in [1.807, 2.05) is 6.07 Å². The summed E-state index contributed by atoms with van der Waals surface area (Å²) in [6.07, 6.45) is 3.83. The molecule has 3 atom stereocenters. The van der Waals surface area contributed by atoms with Gasteiger partial charge >= 0.3 is 0 Å². The van der Waals surface area contributed by atoms with Crippen LogP contribution in [0.3, 0.4) is 0 Å². The summed E-state index contributed by atoms with van der Waals surface area (Å²) in [7, 11) is 0. The fourth-order valence-electron chi connectivity index (χ4n) is 3.64. The van der Waals surface area contributed by atoms with Crippen LogP contribution in [0.25, 0.3) is 0 Å². The van der Waals surface area contributed by atoms with Crippen LogP contribution in [0, 0.1) is 0 Å². The van der Waals surface area contributed by atoms with Crippen molar-refractivity contribution >= 4 is 0 Å². The maximum absolute atomic E-state index is 10.2. The molecule has 1 aliphatic heterocycles. The zero-order chi connectivity index (χ0) is 15.3. The van der Waals surface area contributed by atoms with E-state index in [9.17, 15) is 5.11 Å². The van der Waals surface area contributed by atoms with E-state index in [-0.39, 0.29) is 12.1 Å². The molecule has 1 fully saturated rings. The normalized spacial score (nSPS) is 26.5. The molecule has 0 amide bonds. The first-order valence-electron chi connectivity index (χ1n) is 8.30. The summed E-state index contributed by atoms with van der Waals surface area (Å²) < 4.78 is 0. The van der Waals surface area contributed by atoms with Crippen LogP contribution in [0.15, 0.2) is 30.3 Å². The molecular weight excluding hydrogens is 260 g/mol. The molecule has 1 saturated heterocycles. The molecule has 0 radical (unpaired) electrons. The van der Waals surface area contributed by atoms with E-state index in [4.69, 9.17) is 0 Å². The third-order valence-corrected chi connectivity index (χ3v) is 4.94. The Labute approximate surface area is 129 Å². The van der Waals surface area contributed by atoms with Crippen molar-refractivity contribution in [1.29, 1.82) is 0 Å². The number of likely N-dealkylation sites (N-methyl/N-ethyl adjacent to an activating group) is 1. The van der Waals surface area contributed by atoms with Crippen molar-refractivity contribution in [2.45, 2.75) is 57.7 Å². The van der Waals surface area contributed by atoms with Crippen molar-refractivity contribution in [3.8, 4) is 0 Å². The van der Waals surface area contributed by atoms with Crippen molar-refractivity contribution < 1.29 is 5.11 Å². The van der Waals surface area contributed by atoms with Gasteiger partial charge < -0.3 is 10.4 Å². The zero-order valence-corrected chi connectivity index (χ0v) is 13.7. The predicted octanol–water partition coefficient (Wildman–Crippen LogP) is 2.75. The van der Waals surface area contributed by atoms with E-state index in [1.165, 1.54) is 24.8 Å². The molecule has 1 heterocycles. The van der Waals surface area contributed by atoms with Crippen LogP contribution in [0.2, 0.25) is 0 Å². The van der Waals surface area contributed by atoms with Gasteiger partial charge in [0, 0.05) is 18.6 Å². The molecule has 0 bridgehead atoms. The number of aliphatic hydroxyl groups is 1. The second kappa shape index (κ2) is 7.39. The van der Waals surface area contributed by atoms with E-state index in [2.05, 4.69) is 55.3 Å². The Balaban J connectivity index is 2.27. The molecule has 3 heteroatoms. The highest BCUT2D eigenvalue weighted by Crippen LogP contribution is 2.29. The summed E-state index contributed by atoms with van der Waals surface area (Å²) in [5, 5.41) is 13.7. The van der Waals surface area contributed by atoms with Crippen LogP contribution in [0.4, 0.5) is 0 Å². The Morgan fingerprint density at radius 2 is 1.81 bits per heavy atom. The van der Waals surface area contributed by atoms with Crippen molar-refractivity contribution in [1.82, 2.24) is 10.2 Å². The van der Waals surface area contributed by atoms with Crippen molar-refractivity contribution in [2.75, 3.05) is 19.7 Å². The lowest BCUT2D eigenvalue weighted by atomic mass is 9.87.